The average molecular weight is 441 g/mol. The third-order valence-corrected chi connectivity index (χ3v) is 5.48. The van der Waals surface area contributed by atoms with Crippen LogP contribution in [0.15, 0.2) is 21.1 Å². The molecule has 0 aromatic heterocycles. The molecule has 1 saturated carbocycles. The molecular weight excluding hydrogens is 419 g/mol. The minimum Gasteiger partial charge on any atom is -0.393 e. The predicted molar refractivity (Wildman–Crippen MR) is 96.3 cm³/mol. The highest BCUT2D eigenvalue weighted by molar-refractivity contribution is 9.11. The molecule has 0 atom stereocenters. The summed E-state index contributed by atoms with van der Waals surface area (Å²) in [6, 6.07) is 4.92. The quantitative estimate of drug-likeness (QED) is 0.688. The first-order chi connectivity index (χ1) is 9.63. The lowest BCUT2D eigenvalue weighted by molar-refractivity contribution is 0.0729. The first kappa shape index (κ1) is 17.5. The van der Waals surface area contributed by atoms with Crippen LogP contribution in [0.5, 0.6) is 0 Å². The number of nitrogens with one attached hydrogen (secondary N) is 1. The van der Waals surface area contributed by atoms with Crippen molar-refractivity contribution in [2.45, 2.75) is 44.4 Å². The van der Waals surface area contributed by atoms with Crippen molar-refractivity contribution >= 4 is 50.0 Å². The molecule has 21 heavy (non-hydrogen) atoms. The van der Waals surface area contributed by atoms with Crippen LogP contribution in [0.2, 0.25) is 0 Å². The highest BCUT2D eigenvalue weighted by Crippen LogP contribution is 2.34. The van der Waals surface area contributed by atoms with Crippen LogP contribution in [0.3, 0.4) is 0 Å². The number of aliphatic hydroxyl groups excluding tert-OH is 1. The number of halogens is 3. The van der Waals surface area contributed by atoms with Gasteiger partial charge in [0.2, 0.25) is 0 Å². The molecule has 2 N–H and O–H groups in total. The first-order valence-corrected chi connectivity index (χ1v) is 8.86. The van der Waals surface area contributed by atoms with Gasteiger partial charge in [0, 0.05) is 34.6 Å². The second kappa shape index (κ2) is 7.64. The SMILES string of the molecule is Cl.OC1CCC(N2CCNc3c(Br)cc(Br)cc3C2)CC1. The van der Waals surface area contributed by atoms with Crippen LogP contribution >= 0.6 is 44.3 Å². The fourth-order valence-corrected chi connectivity index (χ4v) is 4.76. The molecule has 118 valence electrons. The van der Waals surface area contributed by atoms with Gasteiger partial charge in [-0.3, -0.25) is 4.90 Å². The zero-order valence-electron chi connectivity index (χ0n) is 11.8. The van der Waals surface area contributed by atoms with E-state index in [2.05, 4.69) is 54.2 Å². The summed E-state index contributed by atoms with van der Waals surface area (Å²) >= 11 is 7.23. The Morgan fingerprint density at radius 3 is 2.57 bits per heavy atom. The van der Waals surface area contributed by atoms with Gasteiger partial charge in [-0.15, -0.1) is 12.4 Å². The molecule has 2 aliphatic rings. The summed E-state index contributed by atoms with van der Waals surface area (Å²) in [5, 5.41) is 13.2. The Morgan fingerprint density at radius 2 is 1.86 bits per heavy atom. The van der Waals surface area contributed by atoms with Crippen molar-refractivity contribution in [1.29, 1.82) is 0 Å². The van der Waals surface area contributed by atoms with E-state index in [4.69, 9.17) is 0 Å². The van der Waals surface area contributed by atoms with Crippen LogP contribution in [0, 0.1) is 0 Å². The Balaban J connectivity index is 0.00000161. The molecule has 1 aliphatic heterocycles. The number of hydrogen-bond donors (Lipinski definition) is 2. The Labute approximate surface area is 149 Å². The maximum absolute atomic E-state index is 9.67. The van der Waals surface area contributed by atoms with E-state index in [9.17, 15) is 5.11 Å². The number of aliphatic hydroxyl groups is 1. The van der Waals surface area contributed by atoms with E-state index < -0.39 is 0 Å². The molecule has 0 bridgehead atoms. The summed E-state index contributed by atoms with van der Waals surface area (Å²) in [6.45, 7) is 3.03. The third-order valence-electron chi connectivity index (χ3n) is 4.39. The summed E-state index contributed by atoms with van der Waals surface area (Å²) in [7, 11) is 0. The number of anilines is 1. The van der Waals surface area contributed by atoms with Crippen molar-refractivity contribution in [2.75, 3.05) is 18.4 Å². The number of hydrogen-bond acceptors (Lipinski definition) is 3. The average Bonchev–Trinajstić information content (AvgIpc) is 2.62. The molecule has 1 aliphatic carbocycles. The Morgan fingerprint density at radius 1 is 1.14 bits per heavy atom. The first-order valence-electron chi connectivity index (χ1n) is 7.27. The van der Waals surface area contributed by atoms with Crippen LogP contribution in [0.4, 0.5) is 5.69 Å². The number of fused-ring (bicyclic) bond motifs is 1. The Hall–Kier alpha value is 0.190. The third kappa shape index (κ3) is 4.14. The van der Waals surface area contributed by atoms with E-state index in [1.807, 2.05) is 0 Å². The summed E-state index contributed by atoms with van der Waals surface area (Å²) in [6.07, 6.45) is 4.05. The van der Waals surface area contributed by atoms with Gasteiger partial charge in [0.15, 0.2) is 0 Å². The fourth-order valence-electron chi connectivity index (χ4n) is 3.31. The topological polar surface area (TPSA) is 35.5 Å². The van der Waals surface area contributed by atoms with Crippen LogP contribution in [-0.4, -0.2) is 35.2 Å². The molecule has 6 heteroatoms. The molecule has 0 unspecified atom stereocenters. The zero-order valence-corrected chi connectivity index (χ0v) is 15.8. The molecule has 3 nitrogen and oxygen atoms in total. The van der Waals surface area contributed by atoms with Gasteiger partial charge in [0.25, 0.3) is 0 Å². The van der Waals surface area contributed by atoms with Crippen LogP contribution in [0.25, 0.3) is 0 Å². The maximum Gasteiger partial charge on any atom is 0.0541 e. The van der Waals surface area contributed by atoms with Crippen molar-refractivity contribution < 1.29 is 5.11 Å². The van der Waals surface area contributed by atoms with Crippen molar-refractivity contribution in [3.63, 3.8) is 0 Å². The largest absolute Gasteiger partial charge is 0.393 e. The van der Waals surface area contributed by atoms with Gasteiger partial charge in [-0.1, -0.05) is 15.9 Å². The van der Waals surface area contributed by atoms with Gasteiger partial charge in [0.1, 0.15) is 0 Å². The molecule has 0 amide bonds. The summed E-state index contributed by atoms with van der Waals surface area (Å²) < 4.78 is 2.24. The molecule has 1 aromatic carbocycles. The number of benzene rings is 1. The smallest absolute Gasteiger partial charge is 0.0541 e. The van der Waals surface area contributed by atoms with E-state index in [0.717, 1.165) is 54.3 Å². The number of rotatable bonds is 1. The summed E-state index contributed by atoms with van der Waals surface area (Å²) in [5.74, 6) is 0. The van der Waals surface area contributed by atoms with Crippen molar-refractivity contribution in [2.24, 2.45) is 0 Å². The molecular formula is C15H21Br2ClN2O. The van der Waals surface area contributed by atoms with Gasteiger partial charge >= 0.3 is 0 Å². The van der Waals surface area contributed by atoms with Crippen LogP contribution in [0.1, 0.15) is 31.2 Å². The van der Waals surface area contributed by atoms with Crippen molar-refractivity contribution in [1.82, 2.24) is 4.90 Å². The summed E-state index contributed by atoms with van der Waals surface area (Å²) in [4.78, 5) is 2.57. The van der Waals surface area contributed by atoms with Gasteiger partial charge in [-0.2, -0.15) is 0 Å². The lowest BCUT2D eigenvalue weighted by atomic mass is 9.91. The maximum atomic E-state index is 9.67. The molecule has 0 spiro atoms. The van der Waals surface area contributed by atoms with Gasteiger partial charge in [-0.25, -0.2) is 0 Å². The van der Waals surface area contributed by atoms with Crippen molar-refractivity contribution in [3.8, 4) is 0 Å². The summed E-state index contributed by atoms with van der Waals surface area (Å²) in [5.41, 5.74) is 2.57. The fraction of sp³-hybridized carbons (Fsp3) is 0.600. The molecule has 1 heterocycles. The molecule has 0 radical (unpaired) electrons. The predicted octanol–water partition coefficient (Wildman–Crippen LogP) is 4.16. The van der Waals surface area contributed by atoms with Crippen molar-refractivity contribution in [3.05, 3.63) is 26.6 Å². The van der Waals surface area contributed by atoms with E-state index >= 15 is 0 Å². The second-order valence-electron chi connectivity index (χ2n) is 5.78. The Kier molecular flexibility index (Phi) is 6.38. The molecule has 0 saturated heterocycles. The van der Waals surface area contributed by atoms with Crippen LogP contribution in [-0.2, 0) is 6.54 Å². The van der Waals surface area contributed by atoms with E-state index in [1.165, 1.54) is 11.3 Å². The van der Waals surface area contributed by atoms with Gasteiger partial charge in [0.05, 0.1) is 11.8 Å². The van der Waals surface area contributed by atoms with E-state index in [1.54, 1.807) is 0 Å². The van der Waals surface area contributed by atoms with E-state index in [-0.39, 0.29) is 18.5 Å². The Bertz CT molecular complexity index is 493. The minimum atomic E-state index is -0.0769. The lowest BCUT2D eigenvalue weighted by Gasteiger charge is -2.35. The zero-order chi connectivity index (χ0) is 14.1. The monoisotopic (exact) mass is 438 g/mol. The van der Waals surface area contributed by atoms with Crippen LogP contribution < -0.4 is 5.32 Å². The number of nitrogens with zero attached hydrogens (tertiary/aromatic N) is 1. The van der Waals surface area contributed by atoms with Gasteiger partial charge in [-0.05, 0) is 59.3 Å². The second-order valence-corrected chi connectivity index (χ2v) is 7.55. The highest BCUT2D eigenvalue weighted by Gasteiger charge is 2.27. The normalized spacial score (nSPS) is 26.2. The van der Waals surface area contributed by atoms with E-state index in [0.29, 0.717) is 6.04 Å². The lowest BCUT2D eigenvalue weighted by Crippen LogP contribution is -2.39. The minimum absolute atomic E-state index is 0. The molecule has 1 fully saturated rings. The molecule has 1 aromatic rings. The van der Waals surface area contributed by atoms with Gasteiger partial charge < -0.3 is 10.4 Å². The molecule has 3 rings (SSSR count). The standard InChI is InChI=1S/C15H20Br2N2O.ClH/c16-11-7-10-9-19(12-1-3-13(20)4-2-12)6-5-18-15(10)14(17)8-11;/h7-8,12-13,18,20H,1-6,9H2;1H. The highest BCUT2D eigenvalue weighted by atomic mass is 79.9.